The van der Waals surface area contributed by atoms with Crippen LogP contribution in [0.1, 0.15) is 16.3 Å². The first-order valence-electron chi connectivity index (χ1n) is 6.02. The number of thiophene rings is 1. The van der Waals surface area contributed by atoms with Crippen molar-refractivity contribution >= 4 is 50.5 Å². The minimum Gasteiger partial charge on any atom is -0.372 e. The minimum atomic E-state index is 0.704. The van der Waals surface area contributed by atoms with Gasteiger partial charge in [-0.25, -0.2) is 9.97 Å². The molecule has 5 nitrogen and oxygen atoms in total. The number of fused-ring (bicyclic) bond motifs is 1. The fraction of sp³-hybridized carbons (Fsp3) is 0.333. The number of anilines is 1. The monoisotopic (exact) mass is 323 g/mol. The molecular formula is C12H13N5S3. The van der Waals surface area contributed by atoms with E-state index in [0.717, 1.165) is 26.2 Å². The Hall–Kier alpha value is -1.25. The van der Waals surface area contributed by atoms with Gasteiger partial charge in [0.15, 0.2) is 4.34 Å². The van der Waals surface area contributed by atoms with Crippen molar-refractivity contribution in [3.05, 3.63) is 21.8 Å². The molecule has 0 saturated carbocycles. The van der Waals surface area contributed by atoms with E-state index in [4.69, 9.17) is 0 Å². The van der Waals surface area contributed by atoms with E-state index in [-0.39, 0.29) is 0 Å². The summed E-state index contributed by atoms with van der Waals surface area (Å²) in [4.78, 5) is 11.6. The van der Waals surface area contributed by atoms with Gasteiger partial charge in [-0.1, -0.05) is 23.1 Å². The van der Waals surface area contributed by atoms with E-state index in [1.165, 1.54) is 21.8 Å². The van der Waals surface area contributed by atoms with Crippen LogP contribution in [0.5, 0.6) is 0 Å². The van der Waals surface area contributed by atoms with Crippen LogP contribution in [0.25, 0.3) is 10.2 Å². The highest BCUT2D eigenvalue weighted by atomic mass is 32.2. The first kappa shape index (κ1) is 13.7. The van der Waals surface area contributed by atoms with Crippen LogP contribution >= 0.6 is 34.4 Å². The van der Waals surface area contributed by atoms with Crippen molar-refractivity contribution in [1.29, 1.82) is 0 Å². The molecule has 3 aromatic heterocycles. The zero-order valence-electron chi connectivity index (χ0n) is 11.3. The molecule has 0 aromatic carbocycles. The van der Waals surface area contributed by atoms with E-state index in [0.29, 0.717) is 5.75 Å². The third-order valence-electron chi connectivity index (χ3n) is 2.98. The zero-order chi connectivity index (χ0) is 14.1. The van der Waals surface area contributed by atoms with Crippen molar-refractivity contribution in [2.75, 3.05) is 12.4 Å². The highest BCUT2D eigenvalue weighted by Gasteiger charge is 2.14. The van der Waals surface area contributed by atoms with Gasteiger partial charge < -0.3 is 5.32 Å². The minimum absolute atomic E-state index is 0.704. The Bertz CT molecular complexity index is 735. The van der Waals surface area contributed by atoms with Crippen molar-refractivity contribution in [3.8, 4) is 0 Å². The molecule has 0 amide bonds. The van der Waals surface area contributed by atoms with Crippen LogP contribution in [-0.2, 0) is 5.75 Å². The predicted molar refractivity (Wildman–Crippen MR) is 85.9 cm³/mol. The van der Waals surface area contributed by atoms with Crippen LogP contribution in [0.2, 0.25) is 0 Å². The van der Waals surface area contributed by atoms with Crippen LogP contribution < -0.4 is 5.32 Å². The van der Waals surface area contributed by atoms with Crippen LogP contribution in [0.15, 0.2) is 9.85 Å². The maximum atomic E-state index is 4.67. The molecule has 0 saturated heterocycles. The highest BCUT2D eigenvalue weighted by molar-refractivity contribution is 8.00. The van der Waals surface area contributed by atoms with Gasteiger partial charge in [-0.15, -0.1) is 21.5 Å². The van der Waals surface area contributed by atoms with E-state index >= 15 is 0 Å². The largest absolute Gasteiger partial charge is 0.372 e. The Kier molecular flexibility index (Phi) is 3.86. The molecule has 0 unspecified atom stereocenters. The summed E-state index contributed by atoms with van der Waals surface area (Å²) < 4.78 is 0.943. The zero-order valence-corrected chi connectivity index (χ0v) is 13.7. The van der Waals surface area contributed by atoms with Gasteiger partial charge >= 0.3 is 0 Å². The Morgan fingerprint density at radius 1 is 1.30 bits per heavy atom. The summed E-state index contributed by atoms with van der Waals surface area (Å²) in [5.74, 6) is 2.43. The fourth-order valence-corrected chi connectivity index (χ4v) is 4.28. The van der Waals surface area contributed by atoms with Gasteiger partial charge in [0, 0.05) is 11.9 Å². The first-order valence-corrected chi connectivity index (χ1v) is 8.70. The average Bonchev–Trinajstić information content (AvgIpc) is 3.05. The highest BCUT2D eigenvalue weighted by Crippen LogP contribution is 2.34. The molecular weight excluding hydrogens is 310 g/mol. The third-order valence-corrected chi connectivity index (χ3v) is 5.93. The number of nitrogens with zero attached hydrogens (tertiary/aromatic N) is 4. The topological polar surface area (TPSA) is 63.6 Å². The lowest BCUT2D eigenvalue weighted by Gasteiger charge is -2.05. The smallest absolute Gasteiger partial charge is 0.174 e. The molecule has 0 atom stereocenters. The molecule has 104 valence electrons. The maximum Gasteiger partial charge on any atom is 0.174 e. The van der Waals surface area contributed by atoms with Crippen LogP contribution in [-0.4, -0.2) is 27.2 Å². The van der Waals surface area contributed by atoms with Gasteiger partial charge in [0.05, 0.1) is 11.1 Å². The van der Waals surface area contributed by atoms with Crippen molar-refractivity contribution in [2.24, 2.45) is 0 Å². The van der Waals surface area contributed by atoms with E-state index in [9.17, 15) is 0 Å². The number of aryl methyl sites for hydroxylation is 2. The number of thioether (sulfide) groups is 1. The molecule has 1 N–H and O–H groups in total. The molecule has 3 heterocycles. The molecule has 20 heavy (non-hydrogen) atoms. The molecule has 3 aromatic rings. The summed E-state index contributed by atoms with van der Waals surface area (Å²) in [6.45, 7) is 4.24. The maximum absolute atomic E-state index is 4.67. The van der Waals surface area contributed by atoms with Gasteiger partial charge in [-0.05, 0) is 19.4 Å². The van der Waals surface area contributed by atoms with Gasteiger partial charge in [-0.3, -0.25) is 0 Å². The molecule has 0 aliphatic rings. The second-order valence-electron chi connectivity index (χ2n) is 4.20. The van der Waals surface area contributed by atoms with E-state index in [1.54, 1.807) is 28.6 Å². The second kappa shape index (κ2) is 5.63. The second-order valence-corrected chi connectivity index (χ2v) is 7.45. The van der Waals surface area contributed by atoms with E-state index in [2.05, 4.69) is 39.3 Å². The quantitative estimate of drug-likeness (QED) is 0.742. The summed E-state index contributed by atoms with van der Waals surface area (Å²) >= 11 is 4.87. The van der Waals surface area contributed by atoms with Gasteiger partial charge in [0.1, 0.15) is 22.0 Å². The lowest BCUT2D eigenvalue weighted by atomic mass is 10.2. The summed E-state index contributed by atoms with van der Waals surface area (Å²) in [6, 6.07) is 0. The van der Waals surface area contributed by atoms with Crippen LogP contribution in [0, 0.1) is 13.8 Å². The molecule has 8 heteroatoms. The molecule has 0 aliphatic heterocycles. The fourth-order valence-electron chi connectivity index (χ4n) is 1.89. The van der Waals surface area contributed by atoms with Crippen LogP contribution in [0.3, 0.4) is 0 Å². The Morgan fingerprint density at radius 2 is 2.15 bits per heavy atom. The van der Waals surface area contributed by atoms with Crippen molar-refractivity contribution < 1.29 is 0 Å². The lowest BCUT2D eigenvalue weighted by molar-refractivity contribution is 1.01. The Labute approximate surface area is 128 Å². The average molecular weight is 323 g/mol. The van der Waals surface area contributed by atoms with Gasteiger partial charge in [0.25, 0.3) is 0 Å². The van der Waals surface area contributed by atoms with Gasteiger partial charge in [-0.2, -0.15) is 0 Å². The number of hydrogen-bond acceptors (Lipinski definition) is 8. The van der Waals surface area contributed by atoms with Crippen molar-refractivity contribution in [1.82, 2.24) is 20.2 Å². The van der Waals surface area contributed by atoms with Crippen molar-refractivity contribution in [3.63, 3.8) is 0 Å². The SMILES string of the molecule is CNc1nc(CSc2nncs2)nc2sc(C)c(C)c12. The molecule has 0 radical (unpaired) electrons. The summed E-state index contributed by atoms with van der Waals surface area (Å²) in [7, 11) is 1.90. The third kappa shape index (κ3) is 2.50. The normalized spacial score (nSPS) is 11.2. The number of nitrogens with one attached hydrogen (secondary N) is 1. The lowest BCUT2D eigenvalue weighted by Crippen LogP contribution is -2.00. The summed E-state index contributed by atoms with van der Waals surface area (Å²) in [5, 5.41) is 12.2. The van der Waals surface area contributed by atoms with Crippen LogP contribution in [0.4, 0.5) is 5.82 Å². The number of rotatable bonds is 4. The number of hydrogen-bond donors (Lipinski definition) is 1. The summed E-state index contributed by atoms with van der Waals surface area (Å²) in [6.07, 6.45) is 0. The molecule has 0 spiro atoms. The standard InChI is InChI=1S/C12H13N5S3/c1-6-7(2)20-11-9(6)10(13-3)15-8(16-11)4-18-12-17-14-5-19-12/h5H,4H2,1-3H3,(H,13,15,16). The first-order chi connectivity index (χ1) is 9.69. The number of aromatic nitrogens is 4. The molecule has 3 rings (SSSR count). The molecule has 0 aliphatic carbocycles. The Balaban J connectivity index is 1.96. The Morgan fingerprint density at radius 3 is 2.85 bits per heavy atom. The van der Waals surface area contributed by atoms with Gasteiger partial charge in [0.2, 0.25) is 0 Å². The summed E-state index contributed by atoms with van der Waals surface area (Å²) in [5.41, 5.74) is 3.00. The predicted octanol–water partition coefficient (Wildman–Crippen LogP) is 3.49. The van der Waals surface area contributed by atoms with E-state index < -0.39 is 0 Å². The molecule has 0 fully saturated rings. The van der Waals surface area contributed by atoms with E-state index in [1.807, 2.05) is 7.05 Å². The molecule has 0 bridgehead atoms. The van der Waals surface area contributed by atoms with Crippen molar-refractivity contribution in [2.45, 2.75) is 23.9 Å².